The van der Waals surface area contributed by atoms with Gasteiger partial charge in [-0.05, 0) is 26.4 Å². The molecule has 0 spiro atoms. The minimum Gasteiger partial charge on any atom is -0.320 e. The van der Waals surface area contributed by atoms with E-state index < -0.39 is 0 Å². The zero-order valence-corrected chi connectivity index (χ0v) is 14.5. The van der Waals surface area contributed by atoms with Crippen LogP contribution in [0.5, 0.6) is 0 Å². The van der Waals surface area contributed by atoms with Crippen molar-refractivity contribution in [3.8, 4) is 0 Å². The maximum atomic E-state index is 11.2. The van der Waals surface area contributed by atoms with Crippen LogP contribution in [-0.2, 0) is 18.4 Å². The van der Waals surface area contributed by atoms with Gasteiger partial charge in [0.05, 0.1) is 0 Å². The molecule has 22 heavy (non-hydrogen) atoms. The van der Waals surface area contributed by atoms with Crippen molar-refractivity contribution in [2.45, 2.75) is 64.8 Å². The summed E-state index contributed by atoms with van der Waals surface area (Å²) in [7, 11) is 3.94. The van der Waals surface area contributed by atoms with E-state index in [9.17, 15) is 4.79 Å². The van der Waals surface area contributed by atoms with Crippen molar-refractivity contribution >= 4 is 5.91 Å². The van der Waals surface area contributed by atoms with Crippen molar-refractivity contribution in [1.82, 2.24) is 14.5 Å². The zero-order chi connectivity index (χ0) is 16.2. The summed E-state index contributed by atoms with van der Waals surface area (Å²) in [5, 5.41) is 3.19. The second-order valence-corrected chi connectivity index (χ2v) is 5.97. The molecule has 1 N–H and O–H groups in total. The topological polar surface area (TPSA) is 51.3 Å². The van der Waals surface area contributed by atoms with E-state index in [0.29, 0.717) is 0 Å². The van der Waals surface area contributed by atoms with Crippen molar-refractivity contribution in [1.29, 1.82) is 0 Å². The number of carbonyl (C=O) groups is 1. The molecule has 126 valence electrons. The van der Waals surface area contributed by atoms with Crippen LogP contribution in [0.4, 0.5) is 0 Å². The van der Waals surface area contributed by atoms with E-state index in [2.05, 4.69) is 14.9 Å². The van der Waals surface area contributed by atoms with Crippen LogP contribution < -0.4 is 10.9 Å². The Balaban J connectivity index is 2.14. The summed E-state index contributed by atoms with van der Waals surface area (Å²) in [6.45, 7) is 3.57. The Morgan fingerprint density at radius 1 is 1.05 bits per heavy atom. The van der Waals surface area contributed by atoms with Crippen molar-refractivity contribution in [2.24, 2.45) is 12.0 Å². The number of amides is 1. The van der Waals surface area contributed by atoms with Gasteiger partial charge in [0, 0.05) is 32.9 Å². The molecule has 1 rings (SSSR count). The molecule has 0 saturated heterocycles. The van der Waals surface area contributed by atoms with E-state index in [1.54, 1.807) is 0 Å². The van der Waals surface area contributed by atoms with E-state index >= 15 is 0 Å². The Morgan fingerprint density at radius 2 is 1.64 bits per heavy atom. The zero-order valence-electron chi connectivity index (χ0n) is 14.5. The van der Waals surface area contributed by atoms with Crippen molar-refractivity contribution < 1.29 is 4.79 Å². The Labute approximate surface area is 134 Å². The van der Waals surface area contributed by atoms with Crippen molar-refractivity contribution in [3.63, 3.8) is 0 Å². The summed E-state index contributed by atoms with van der Waals surface area (Å²) < 4.78 is 3.96. The molecule has 1 heterocycles. The molecule has 1 amide bonds. The molecule has 0 aromatic carbocycles. The number of aromatic nitrogens is 2. The van der Waals surface area contributed by atoms with Crippen molar-refractivity contribution in [2.75, 3.05) is 13.6 Å². The van der Waals surface area contributed by atoms with Gasteiger partial charge in [-0.15, -0.1) is 0 Å². The first-order valence-electron chi connectivity index (χ1n) is 8.57. The number of nitrogens with zero attached hydrogens (tertiary/aromatic N) is 3. The molecule has 0 saturated carbocycles. The lowest BCUT2D eigenvalue weighted by Gasteiger charge is -2.04. The number of carbonyl (C=O) groups excluding carboxylic acids is 1. The second-order valence-electron chi connectivity index (χ2n) is 5.97. The Hall–Kier alpha value is -1.36. The smallest absolute Gasteiger partial charge is 0.245 e. The van der Waals surface area contributed by atoms with Gasteiger partial charge >= 0.3 is 0 Å². The highest BCUT2D eigenvalue weighted by atomic mass is 16.1. The first-order valence-corrected chi connectivity index (χ1v) is 8.57. The highest BCUT2D eigenvalue weighted by Crippen LogP contribution is 2.08. The van der Waals surface area contributed by atoms with Gasteiger partial charge in [-0.3, -0.25) is 4.79 Å². The maximum absolute atomic E-state index is 11.2. The molecule has 0 atom stereocenters. The summed E-state index contributed by atoms with van der Waals surface area (Å²) in [5.41, 5.74) is 0.747. The monoisotopic (exact) mass is 308 g/mol. The summed E-state index contributed by atoms with van der Waals surface area (Å²) >= 11 is 0. The first kappa shape index (κ1) is 18.7. The highest BCUT2D eigenvalue weighted by molar-refractivity contribution is 5.73. The van der Waals surface area contributed by atoms with Crippen LogP contribution in [0.3, 0.4) is 0 Å². The second kappa shape index (κ2) is 11.2. The number of hydrogen-bond donors (Lipinski definition) is 1. The van der Waals surface area contributed by atoms with E-state index in [4.69, 9.17) is 0 Å². The molecular weight excluding hydrogens is 276 g/mol. The molecule has 0 aliphatic carbocycles. The lowest BCUT2D eigenvalue weighted by Crippen LogP contribution is -2.25. The standard InChI is InChI=1S/C17H32N4O/c1-16(22)19-17-20(3)14-15-21(17)13-11-9-7-5-4-6-8-10-12-18-2/h14-15,18H,4-13H2,1-3H3/b19-17-. The summed E-state index contributed by atoms with van der Waals surface area (Å²) in [6.07, 6.45) is 14.3. The number of nitrogens with one attached hydrogen (secondary N) is 1. The average molecular weight is 308 g/mol. The number of rotatable bonds is 11. The molecule has 1 aromatic rings. The van der Waals surface area contributed by atoms with Crippen molar-refractivity contribution in [3.05, 3.63) is 18.0 Å². The quantitative estimate of drug-likeness (QED) is 0.639. The van der Waals surface area contributed by atoms with Gasteiger partial charge in [0.1, 0.15) is 0 Å². The van der Waals surface area contributed by atoms with Gasteiger partial charge in [0.25, 0.3) is 0 Å². The van der Waals surface area contributed by atoms with Gasteiger partial charge in [-0.25, -0.2) is 0 Å². The molecule has 0 aliphatic heterocycles. The fraction of sp³-hybridized carbons (Fsp3) is 0.765. The summed E-state index contributed by atoms with van der Waals surface area (Å²) in [5.74, 6) is -0.145. The normalized spacial score (nSPS) is 12.0. The van der Waals surface area contributed by atoms with Crippen LogP contribution in [0, 0.1) is 0 Å². The molecule has 0 aliphatic rings. The Morgan fingerprint density at radius 3 is 2.23 bits per heavy atom. The third-order valence-electron chi connectivity index (χ3n) is 3.88. The lowest BCUT2D eigenvalue weighted by molar-refractivity contribution is -0.116. The predicted molar refractivity (Wildman–Crippen MR) is 90.5 cm³/mol. The largest absolute Gasteiger partial charge is 0.320 e. The number of unbranched alkanes of at least 4 members (excludes halogenated alkanes) is 7. The molecule has 1 aromatic heterocycles. The van der Waals surface area contributed by atoms with Gasteiger partial charge in [-0.1, -0.05) is 38.5 Å². The molecule has 0 radical (unpaired) electrons. The molecule has 0 bridgehead atoms. The fourth-order valence-corrected chi connectivity index (χ4v) is 2.62. The lowest BCUT2D eigenvalue weighted by atomic mass is 10.1. The predicted octanol–water partition coefficient (Wildman–Crippen LogP) is 2.61. The third-order valence-corrected chi connectivity index (χ3v) is 3.88. The maximum Gasteiger partial charge on any atom is 0.245 e. The Bertz CT molecular complexity index is 487. The Kier molecular flexibility index (Phi) is 9.55. The van der Waals surface area contributed by atoms with E-state index in [-0.39, 0.29) is 5.91 Å². The van der Waals surface area contributed by atoms with Crippen LogP contribution in [0.2, 0.25) is 0 Å². The molecule has 0 unspecified atom stereocenters. The molecule has 0 fully saturated rings. The minimum absolute atomic E-state index is 0.145. The molecular formula is C17H32N4O. The average Bonchev–Trinajstić information content (AvgIpc) is 2.81. The number of imidazole rings is 1. The summed E-state index contributed by atoms with van der Waals surface area (Å²) in [6, 6.07) is 0. The van der Waals surface area contributed by atoms with E-state index in [0.717, 1.165) is 25.1 Å². The van der Waals surface area contributed by atoms with Crippen LogP contribution in [0.25, 0.3) is 0 Å². The fourth-order valence-electron chi connectivity index (χ4n) is 2.62. The highest BCUT2D eigenvalue weighted by Gasteiger charge is 2.00. The first-order chi connectivity index (χ1) is 10.6. The summed E-state index contributed by atoms with van der Waals surface area (Å²) in [4.78, 5) is 15.2. The SMILES string of the molecule is CNCCCCCCCCCCn1ccn(C)/c1=N/C(C)=O. The number of aryl methyl sites for hydroxylation is 2. The minimum atomic E-state index is -0.145. The van der Waals surface area contributed by atoms with Gasteiger partial charge in [-0.2, -0.15) is 4.99 Å². The van der Waals surface area contributed by atoms with Crippen LogP contribution in [-0.4, -0.2) is 28.6 Å². The van der Waals surface area contributed by atoms with Crippen LogP contribution in [0.15, 0.2) is 17.4 Å². The van der Waals surface area contributed by atoms with E-state index in [1.165, 1.54) is 51.9 Å². The third kappa shape index (κ3) is 7.59. The van der Waals surface area contributed by atoms with Crippen LogP contribution in [0.1, 0.15) is 58.3 Å². The molecule has 5 heteroatoms. The number of hydrogen-bond acceptors (Lipinski definition) is 2. The van der Waals surface area contributed by atoms with E-state index in [1.807, 2.05) is 31.1 Å². The van der Waals surface area contributed by atoms with Gasteiger partial charge in [0.2, 0.25) is 11.5 Å². The van der Waals surface area contributed by atoms with Gasteiger partial charge < -0.3 is 14.5 Å². The van der Waals surface area contributed by atoms with Crippen LogP contribution >= 0.6 is 0 Å². The molecule has 5 nitrogen and oxygen atoms in total. The van der Waals surface area contributed by atoms with Gasteiger partial charge in [0.15, 0.2) is 0 Å².